The molecule has 1 aliphatic heterocycles. The molecule has 2 aromatic carbocycles. The van der Waals surface area contributed by atoms with Gasteiger partial charge >= 0.3 is 11.8 Å². The lowest BCUT2D eigenvalue weighted by atomic mass is 9.98. The van der Waals surface area contributed by atoms with Gasteiger partial charge in [0.2, 0.25) is 0 Å². The molecule has 4 heterocycles. The highest BCUT2D eigenvalue weighted by molar-refractivity contribution is 6.34. The van der Waals surface area contributed by atoms with Crippen molar-refractivity contribution in [2.24, 2.45) is 0 Å². The smallest absolute Gasteiger partial charge is 0.410 e. The fraction of sp³-hybridized carbons (Fsp3) is 0.371. The van der Waals surface area contributed by atoms with Gasteiger partial charge in [0.25, 0.3) is 0 Å². The van der Waals surface area contributed by atoms with Gasteiger partial charge < -0.3 is 19.0 Å². The van der Waals surface area contributed by atoms with Crippen LogP contribution in [0.15, 0.2) is 57.9 Å². The summed E-state index contributed by atoms with van der Waals surface area (Å²) in [6.07, 6.45) is 1.10. The van der Waals surface area contributed by atoms with Crippen molar-refractivity contribution >= 4 is 45.5 Å². The second-order valence-corrected chi connectivity index (χ2v) is 13.5. The third kappa shape index (κ3) is 5.59. The van der Waals surface area contributed by atoms with E-state index in [0.717, 1.165) is 11.1 Å². The molecule has 1 fully saturated rings. The molecule has 1 aliphatic rings. The molecule has 1 saturated heterocycles. The van der Waals surface area contributed by atoms with Gasteiger partial charge in [0.15, 0.2) is 5.65 Å². The van der Waals surface area contributed by atoms with Crippen molar-refractivity contribution in [1.29, 1.82) is 0 Å². The van der Waals surface area contributed by atoms with Crippen LogP contribution in [-0.4, -0.2) is 56.8 Å². The van der Waals surface area contributed by atoms with E-state index in [2.05, 4.69) is 18.8 Å². The fourth-order valence-electron chi connectivity index (χ4n) is 6.15. The third-order valence-electron chi connectivity index (χ3n) is 8.27. The standard InChI is InChI=1S/C35H37ClFN5O4/c1-19(2)23-10-8-9-20(3)29(23)42-32-24(17-25(36)28(38-32)27-26(37)12-11-22-13-16-45-30(22)27)31(39-33(42)43)41-15-14-40(18-21(41)4)34(44)46-35(5,6)7/h8-13,16-17,19,21H,14-15,18H2,1-7H3/t21-/m0/s1. The van der Waals surface area contributed by atoms with Crippen LogP contribution in [0.2, 0.25) is 5.02 Å². The van der Waals surface area contributed by atoms with E-state index >= 15 is 4.39 Å². The van der Waals surface area contributed by atoms with Gasteiger partial charge in [-0.25, -0.2) is 23.5 Å². The molecule has 0 bridgehead atoms. The van der Waals surface area contributed by atoms with Crippen molar-refractivity contribution in [2.45, 2.75) is 66.0 Å². The van der Waals surface area contributed by atoms with E-state index in [-0.39, 0.29) is 33.9 Å². The normalized spacial score (nSPS) is 15.7. The Kier molecular flexibility index (Phi) is 8.04. The van der Waals surface area contributed by atoms with Crippen LogP contribution in [0.3, 0.4) is 0 Å². The largest absolute Gasteiger partial charge is 0.464 e. The number of piperazine rings is 1. The van der Waals surface area contributed by atoms with Crippen molar-refractivity contribution in [3.63, 3.8) is 0 Å². The molecule has 46 heavy (non-hydrogen) atoms. The number of halogens is 2. The number of pyridine rings is 1. The first-order chi connectivity index (χ1) is 21.7. The molecule has 0 radical (unpaired) electrons. The minimum atomic E-state index is -0.621. The van der Waals surface area contributed by atoms with E-state index in [9.17, 15) is 9.59 Å². The Labute approximate surface area is 271 Å². The summed E-state index contributed by atoms with van der Waals surface area (Å²) in [7, 11) is 0. The summed E-state index contributed by atoms with van der Waals surface area (Å²) in [5.41, 5.74) is 2.18. The number of fused-ring (bicyclic) bond motifs is 2. The van der Waals surface area contributed by atoms with Crippen molar-refractivity contribution in [3.05, 3.63) is 81.2 Å². The first-order valence-electron chi connectivity index (χ1n) is 15.4. The number of hydrogen-bond donors (Lipinski definition) is 0. The summed E-state index contributed by atoms with van der Waals surface area (Å²) >= 11 is 6.93. The first-order valence-corrected chi connectivity index (χ1v) is 15.8. The van der Waals surface area contributed by atoms with E-state index in [4.69, 9.17) is 25.7 Å². The molecule has 0 aliphatic carbocycles. The Bertz CT molecular complexity index is 2050. The van der Waals surface area contributed by atoms with Crippen LogP contribution in [0.5, 0.6) is 0 Å². The van der Waals surface area contributed by atoms with Gasteiger partial charge in [0.05, 0.1) is 33.6 Å². The molecular formula is C35H37ClFN5O4. The van der Waals surface area contributed by atoms with Crippen LogP contribution < -0.4 is 10.6 Å². The van der Waals surface area contributed by atoms with Gasteiger partial charge in [0.1, 0.15) is 22.8 Å². The quantitative estimate of drug-likeness (QED) is 0.196. The minimum Gasteiger partial charge on any atom is -0.464 e. The van der Waals surface area contributed by atoms with Crippen molar-refractivity contribution < 1.29 is 18.3 Å². The number of benzene rings is 2. The maximum Gasteiger partial charge on any atom is 0.410 e. The highest BCUT2D eigenvalue weighted by Crippen LogP contribution is 2.39. The average Bonchev–Trinajstić information content (AvgIpc) is 3.45. The predicted octanol–water partition coefficient (Wildman–Crippen LogP) is 7.86. The SMILES string of the molecule is Cc1cccc(C(C)C)c1-n1c(=O)nc(N2CCN(C(=O)OC(C)(C)C)C[C@@H]2C)c2cc(Cl)c(-c3c(F)ccc4ccoc34)nc21. The molecule has 5 aromatic rings. The average molecular weight is 646 g/mol. The zero-order valence-electron chi connectivity index (χ0n) is 27.0. The van der Waals surface area contributed by atoms with Crippen LogP contribution in [0.25, 0.3) is 38.9 Å². The number of ether oxygens (including phenoxy) is 1. The van der Waals surface area contributed by atoms with Gasteiger partial charge in [-0.3, -0.25) is 0 Å². The van der Waals surface area contributed by atoms with Gasteiger partial charge in [0, 0.05) is 31.1 Å². The Morgan fingerprint density at radius 1 is 1.13 bits per heavy atom. The number of aromatic nitrogens is 3. The molecule has 3 aromatic heterocycles. The maximum atomic E-state index is 15.5. The zero-order valence-corrected chi connectivity index (χ0v) is 27.8. The molecule has 0 spiro atoms. The topological polar surface area (TPSA) is 93.7 Å². The Morgan fingerprint density at radius 2 is 1.89 bits per heavy atom. The minimum absolute atomic E-state index is 0.0820. The Hall–Kier alpha value is -4.44. The maximum absolute atomic E-state index is 15.5. The van der Waals surface area contributed by atoms with Crippen LogP contribution in [-0.2, 0) is 4.74 Å². The summed E-state index contributed by atoms with van der Waals surface area (Å²) in [5, 5.41) is 1.40. The highest BCUT2D eigenvalue weighted by atomic mass is 35.5. The second kappa shape index (κ2) is 11.7. The van der Waals surface area contributed by atoms with Crippen LogP contribution in [0, 0.1) is 12.7 Å². The van der Waals surface area contributed by atoms with Crippen molar-refractivity contribution in [2.75, 3.05) is 24.5 Å². The Balaban J connectivity index is 1.59. The number of furan rings is 1. The monoisotopic (exact) mass is 645 g/mol. The van der Waals surface area contributed by atoms with Crippen LogP contribution in [0.4, 0.5) is 15.0 Å². The number of para-hydroxylation sites is 1. The molecular weight excluding hydrogens is 609 g/mol. The zero-order chi connectivity index (χ0) is 33.1. The van der Waals surface area contributed by atoms with Crippen LogP contribution >= 0.6 is 11.6 Å². The number of anilines is 1. The summed E-state index contributed by atoms with van der Waals surface area (Å²) in [6.45, 7) is 14.6. The molecule has 0 unspecified atom stereocenters. The summed E-state index contributed by atoms with van der Waals surface area (Å²) < 4.78 is 28.3. The first kappa shape index (κ1) is 31.5. The van der Waals surface area contributed by atoms with E-state index in [1.54, 1.807) is 23.1 Å². The lowest BCUT2D eigenvalue weighted by Gasteiger charge is -2.41. The number of carbonyl (C=O) groups excluding carboxylic acids is 1. The molecule has 0 saturated carbocycles. The predicted molar refractivity (Wildman–Crippen MR) is 179 cm³/mol. The van der Waals surface area contributed by atoms with Gasteiger partial charge in [-0.1, -0.05) is 43.6 Å². The van der Waals surface area contributed by atoms with Gasteiger partial charge in [-0.15, -0.1) is 0 Å². The molecule has 240 valence electrons. The van der Waals surface area contributed by atoms with Gasteiger partial charge in [-0.05, 0) is 75.9 Å². The van der Waals surface area contributed by atoms with E-state index in [1.807, 2.05) is 57.7 Å². The number of amides is 1. The molecule has 9 nitrogen and oxygen atoms in total. The summed E-state index contributed by atoms with van der Waals surface area (Å²) in [6, 6.07) is 12.1. The lowest BCUT2D eigenvalue weighted by molar-refractivity contribution is 0.0218. The van der Waals surface area contributed by atoms with Gasteiger partial charge in [-0.2, -0.15) is 4.98 Å². The van der Waals surface area contributed by atoms with Crippen molar-refractivity contribution in [1.82, 2.24) is 19.4 Å². The number of hydrogen-bond acceptors (Lipinski definition) is 7. The number of aryl methyl sites for hydroxylation is 1. The molecule has 6 rings (SSSR count). The Morgan fingerprint density at radius 3 is 2.59 bits per heavy atom. The summed E-state index contributed by atoms with van der Waals surface area (Å²) in [5.74, 6) is -0.0755. The number of nitrogens with zero attached hydrogens (tertiary/aromatic N) is 5. The summed E-state index contributed by atoms with van der Waals surface area (Å²) in [4.78, 5) is 40.3. The number of rotatable bonds is 4. The molecule has 0 N–H and O–H groups in total. The van der Waals surface area contributed by atoms with Crippen LogP contribution in [0.1, 0.15) is 58.6 Å². The van der Waals surface area contributed by atoms with E-state index in [1.165, 1.54) is 16.9 Å². The lowest BCUT2D eigenvalue weighted by Crippen LogP contribution is -2.55. The number of carbonyl (C=O) groups is 1. The fourth-order valence-corrected chi connectivity index (χ4v) is 6.39. The third-order valence-corrected chi connectivity index (χ3v) is 8.56. The molecule has 1 atom stereocenters. The highest BCUT2D eigenvalue weighted by Gasteiger charge is 2.33. The molecule has 1 amide bonds. The van der Waals surface area contributed by atoms with E-state index in [0.29, 0.717) is 47.5 Å². The second-order valence-electron chi connectivity index (χ2n) is 13.1. The van der Waals surface area contributed by atoms with Crippen molar-refractivity contribution in [3.8, 4) is 16.9 Å². The molecule has 11 heteroatoms. The van der Waals surface area contributed by atoms with E-state index < -0.39 is 23.2 Å².